The summed E-state index contributed by atoms with van der Waals surface area (Å²) < 4.78 is 5.72. The third-order valence-electron chi connectivity index (χ3n) is 5.74. The number of carbonyl (C=O) groups is 2. The van der Waals surface area contributed by atoms with Crippen molar-refractivity contribution in [3.05, 3.63) is 70.8 Å². The van der Waals surface area contributed by atoms with Gasteiger partial charge in [0.1, 0.15) is 11.5 Å². The average Bonchev–Trinajstić information content (AvgIpc) is 3.06. The minimum Gasteiger partial charge on any atom is -0.507 e. The zero-order chi connectivity index (χ0) is 24.1. The molecule has 1 N–H and O–H groups in total. The molecule has 2 aromatic carbocycles. The summed E-state index contributed by atoms with van der Waals surface area (Å²) in [7, 11) is 3.84. The van der Waals surface area contributed by atoms with Gasteiger partial charge in [0.25, 0.3) is 11.7 Å². The Morgan fingerprint density at radius 3 is 2.24 bits per heavy atom. The van der Waals surface area contributed by atoms with Crippen LogP contribution in [0.2, 0.25) is 0 Å². The molecule has 0 aromatic heterocycles. The molecule has 176 valence electrons. The predicted molar refractivity (Wildman–Crippen MR) is 130 cm³/mol. The Kier molecular flexibility index (Phi) is 7.92. The maximum Gasteiger partial charge on any atom is 0.295 e. The van der Waals surface area contributed by atoms with Gasteiger partial charge in [-0.3, -0.25) is 9.59 Å². The quantitative estimate of drug-likeness (QED) is 0.351. The second kappa shape index (κ2) is 10.7. The number of hydrogen-bond acceptors (Lipinski definition) is 5. The topological polar surface area (TPSA) is 70.1 Å². The lowest BCUT2D eigenvalue weighted by Crippen LogP contribution is -2.35. The first-order valence-electron chi connectivity index (χ1n) is 11.5. The van der Waals surface area contributed by atoms with E-state index in [0.717, 1.165) is 12.0 Å². The van der Waals surface area contributed by atoms with Crippen LogP contribution in [0.1, 0.15) is 43.5 Å². The molecule has 0 radical (unpaired) electrons. The van der Waals surface area contributed by atoms with E-state index in [4.69, 9.17) is 4.74 Å². The number of aliphatic hydroxyl groups is 1. The van der Waals surface area contributed by atoms with E-state index >= 15 is 0 Å². The van der Waals surface area contributed by atoms with Crippen molar-refractivity contribution in [1.29, 1.82) is 0 Å². The molecular weight excluding hydrogens is 416 g/mol. The highest BCUT2D eigenvalue weighted by atomic mass is 16.5. The maximum atomic E-state index is 13.1. The van der Waals surface area contributed by atoms with E-state index in [0.29, 0.717) is 36.9 Å². The minimum atomic E-state index is -0.657. The Bertz CT molecular complexity index is 1010. The number of Topliss-reactive ketones (excluding diaryl/α,β-unsaturated/α-hetero) is 1. The molecule has 1 atom stereocenters. The summed E-state index contributed by atoms with van der Waals surface area (Å²) in [6, 6.07) is 14.2. The van der Waals surface area contributed by atoms with Gasteiger partial charge >= 0.3 is 0 Å². The number of likely N-dealkylation sites (N-methyl/N-ethyl adjacent to an activating group) is 1. The highest BCUT2D eigenvalue weighted by molar-refractivity contribution is 6.46. The second-order valence-corrected chi connectivity index (χ2v) is 9.12. The summed E-state index contributed by atoms with van der Waals surface area (Å²) in [4.78, 5) is 29.6. The summed E-state index contributed by atoms with van der Waals surface area (Å²) in [5.74, 6) is -0.315. The summed E-state index contributed by atoms with van der Waals surface area (Å²) >= 11 is 0. The molecule has 1 heterocycles. The molecule has 33 heavy (non-hydrogen) atoms. The van der Waals surface area contributed by atoms with Crippen molar-refractivity contribution in [2.24, 2.45) is 5.92 Å². The third-order valence-corrected chi connectivity index (χ3v) is 5.74. The highest BCUT2D eigenvalue weighted by Gasteiger charge is 2.45. The van der Waals surface area contributed by atoms with Gasteiger partial charge in [0.05, 0.1) is 18.2 Å². The van der Waals surface area contributed by atoms with Crippen LogP contribution in [0, 0.1) is 5.92 Å². The first kappa shape index (κ1) is 24.5. The fourth-order valence-electron chi connectivity index (χ4n) is 3.83. The van der Waals surface area contributed by atoms with Crippen molar-refractivity contribution < 1.29 is 19.4 Å². The van der Waals surface area contributed by atoms with Crippen molar-refractivity contribution in [3.63, 3.8) is 0 Å². The van der Waals surface area contributed by atoms with E-state index in [1.807, 2.05) is 43.3 Å². The lowest BCUT2D eigenvalue weighted by molar-refractivity contribution is -0.140. The van der Waals surface area contributed by atoms with Gasteiger partial charge in [0.2, 0.25) is 0 Å². The van der Waals surface area contributed by atoms with Crippen LogP contribution in [0.25, 0.3) is 5.76 Å². The molecular formula is C27H34N2O4. The smallest absolute Gasteiger partial charge is 0.295 e. The Labute approximate surface area is 196 Å². The van der Waals surface area contributed by atoms with Crippen molar-refractivity contribution in [1.82, 2.24) is 9.80 Å². The molecule has 0 bridgehead atoms. The van der Waals surface area contributed by atoms with Crippen LogP contribution in [0.5, 0.6) is 5.75 Å². The molecule has 2 aromatic rings. The molecule has 0 saturated carbocycles. The first-order valence-corrected chi connectivity index (χ1v) is 11.5. The number of amides is 1. The van der Waals surface area contributed by atoms with E-state index in [1.54, 1.807) is 29.2 Å². The van der Waals surface area contributed by atoms with E-state index in [1.165, 1.54) is 5.56 Å². The SMILES string of the molecule is CCc1ccc([C@H]2C(=C(O)c3ccc(OCC(C)C)cc3)C(=O)C(=O)N2CCN(C)C)cc1. The fourth-order valence-corrected chi connectivity index (χ4v) is 3.83. The van der Waals surface area contributed by atoms with Crippen molar-refractivity contribution in [2.75, 3.05) is 33.8 Å². The van der Waals surface area contributed by atoms with Gasteiger partial charge in [-0.1, -0.05) is 45.0 Å². The number of aryl methyl sites for hydroxylation is 1. The Balaban J connectivity index is 2.02. The number of carbonyl (C=O) groups excluding carboxylic acids is 2. The molecule has 6 nitrogen and oxygen atoms in total. The van der Waals surface area contributed by atoms with Gasteiger partial charge in [0, 0.05) is 18.7 Å². The number of likely N-dealkylation sites (tertiary alicyclic amines) is 1. The summed E-state index contributed by atoms with van der Waals surface area (Å²) in [6.07, 6.45) is 0.895. The van der Waals surface area contributed by atoms with Gasteiger partial charge in [-0.25, -0.2) is 0 Å². The van der Waals surface area contributed by atoms with Crippen LogP contribution in [-0.2, 0) is 16.0 Å². The van der Waals surface area contributed by atoms with Crippen molar-refractivity contribution >= 4 is 17.4 Å². The number of hydrogen-bond donors (Lipinski definition) is 1. The van der Waals surface area contributed by atoms with E-state index in [9.17, 15) is 14.7 Å². The van der Waals surface area contributed by atoms with Crippen LogP contribution >= 0.6 is 0 Å². The molecule has 1 aliphatic heterocycles. The zero-order valence-electron chi connectivity index (χ0n) is 20.2. The molecule has 6 heteroatoms. The Morgan fingerprint density at radius 1 is 1.06 bits per heavy atom. The van der Waals surface area contributed by atoms with Gasteiger partial charge in [-0.05, 0) is 61.8 Å². The van der Waals surface area contributed by atoms with Crippen LogP contribution in [-0.4, -0.2) is 60.4 Å². The molecule has 0 spiro atoms. The third kappa shape index (κ3) is 5.63. The minimum absolute atomic E-state index is 0.124. The number of rotatable bonds is 9. The molecule has 1 saturated heterocycles. The van der Waals surface area contributed by atoms with Crippen LogP contribution in [0.3, 0.4) is 0 Å². The number of benzene rings is 2. The largest absolute Gasteiger partial charge is 0.507 e. The zero-order valence-corrected chi connectivity index (χ0v) is 20.2. The number of nitrogens with zero attached hydrogens (tertiary/aromatic N) is 2. The van der Waals surface area contributed by atoms with Crippen LogP contribution in [0.15, 0.2) is 54.1 Å². The normalized spacial score (nSPS) is 17.9. The molecule has 1 fully saturated rings. The predicted octanol–water partition coefficient (Wildman–Crippen LogP) is 4.27. The summed E-state index contributed by atoms with van der Waals surface area (Å²) in [5, 5.41) is 11.2. The highest BCUT2D eigenvalue weighted by Crippen LogP contribution is 2.39. The summed E-state index contributed by atoms with van der Waals surface area (Å²) in [5.41, 5.74) is 2.58. The van der Waals surface area contributed by atoms with Crippen molar-refractivity contribution in [3.8, 4) is 5.75 Å². The fraction of sp³-hybridized carbons (Fsp3) is 0.407. The van der Waals surface area contributed by atoms with Gasteiger partial charge < -0.3 is 19.6 Å². The average molecular weight is 451 g/mol. The monoisotopic (exact) mass is 450 g/mol. The lowest BCUT2D eigenvalue weighted by Gasteiger charge is -2.26. The molecule has 1 aliphatic rings. The number of ether oxygens (including phenoxy) is 1. The van der Waals surface area contributed by atoms with Crippen molar-refractivity contribution in [2.45, 2.75) is 33.2 Å². The standard InChI is InChI=1S/C27H34N2O4/c1-6-19-7-9-20(10-8-19)24-23(26(31)27(32)29(24)16-15-28(4)5)25(30)21-11-13-22(14-12-21)33-17-18(2)3/h7-14,18,24,30H,6,15-17H2,1-5H3/t24-/m0/s1. The van der Waals surface area contributed by atoms with E-state index < -0.39 is 17.7 Å². The Morgan fingerprint density at radius 2 is 1.70 bits per heavy atom. The Hall–Kier alpha value is -3.12. The van der Waals surface area contributed by atoms with Crippen LogP contribution in [0.4, 0.5) is 0 Å². The van der Waals surface area contributed by atoms with E-state index in [-0.39, 0.29) is 11.3 Å². The van der Waals surface area contributed by atoms with E-state index in [2.05, 4.69) is 20.8 Å². The van der Waals surface area contributed by atoms with Crippen LogP contribution < -0.4 is 4.74 Å². The number of aliphatic hydroxyl groups excluding tert-OH is 1. The maximum absolute atomic E-state index is 13.1. The molecule has 0 aliphatic carbocycles. The first-order chi connectivity index (χ1) is 15.7. The summed E-state index contributed by atoms with van der Waals surface area (Å²) in [6.45, 7) is 7.81. The molecule has 3 rings (SSSR count). The molecule has 0 unspecified atom stereocenters. The molecule has 1 amide bonds. The second-order valence-electron chi connectivity index (χ2n) is 9.12. The van der Waals surface area contributed by atoms with Gasteiger partial charge in [0.15, 0.2) is 0 Å². The number of ketones is 1. The van der Waals surface area contributed by atoms with Gasteiger partial charge in [-0.2, -0.15) is 0 Å². The van der Waals surface area contributed by atoms with Gasteiger partial charge in [-0.15, -0.1) is 0 Å². The lowest BCUT2D eigenvalue weighted by atomic mass is 9.94.